The van der Waals surface area contributed by atoms with Gasteiger partial charge in [0.25, 0.3) is 5.91 Å². The number of pyridine rings is 1. The van der Waals surface area contributed by atoms with Crippen molar-refractivity contribution in [1.29, 1.82) is 0 Å². The van der Waals surface area contributed by atoms with Crippen LogP contribution in [0.25, 0.3) is 5.65 Å². The number of aromatic nitrogens is 3. The summed E-state index contributed by atoms with van der Waals surface area (Å²) >= 11 is 0. The number of ether oxygens (including phenoxy) is 1. The minimum absolute atomic E-state index is 0.217. The van der Waals surface area contributed by atoms with Crippen molar-refractivity contribution in [1.82, 2.24) is 19.9 Å². The minimum atomic E-state index is -0.516. The van der Waals surface area contributed by atoms with E-state index in [0.717, 1.165) is 0 Å². The maximum absolute atomic E-state index is 11.8. The molecule has 0 saturated carbocycles. The first kappa shape index (κ1) is 12.8. The van der Waals surface area contributed by atoms with Gasteiger partial charge < -0.3 is 10.1 Å². The van der Waals surface area contributed by atoms with Crippen LogP contribution in [0.5, 0.6) is 0 Å². The summed E-state index contributed by atoms with van der Waals surface area (Å²) in [5.41, 5.74) is 0.224. The van der Waals surface area contributed by atoms with Gasteiger partial charge in [0, 0.05) is 6.20 Å². The molecule has 2 N–H and O–H groups in total. The van der Waals surface area contributed by atoms with Crippen molar-refractivity contribution in [2.75, 3.05) is 13.2 Å². The van der Waals surface area contributed by atoms with Gasteiger partial charge in [-0.2, -0.15) is 5.10 Å². The maximum Gasteiger partial charge on any atom is 0.347 e. The summed E-state index contributed by atoms with van der Waals surface area (Å²) in [7, 11) is 0. The van der Waals surface area contributed by atoms with E-state index >= 15 is 0 Å². The summed E-state index contributed by atoms with van der Waals surface area (Å²) in [6, 6.07) is 3.03. The van der Waals surface area contributed by atoms with Gasteiger partial charge in [-0.15, -0.1) is 0 Å². The van der Waals surface area contributed by atoms with E-state index in [1.165, 1.54) is 22.7 Å². The van der Waals surface area contributed by atoms with Gasteiger partial charge in [-0.25, -0.2) is 14.3 Å². The molecule has 0 radical (unpaired) electrons. The quantitative estimate of drug-likeness (QED) is 0.711. The first-order valence-electron chi connectivity index (χ1n) is 5.62. The van der Waals surface area contributed by atoms with Gasteiger partial charge in [0.15, 0.2) is 5.65 Å². The fourth-order valence-electron chi connectivity index (χ4n) is 1.51. The third kappa shape index (κ3) is 2.79. The number of carbonyl (C=O) groups excluding carboxylic acids is 2. The first-order valence-corrected chi connectivity index (χ1v) is 5.62. The molecule has 2 aromatic heterocycles. The summed E-state index contributed by atoms with van der Waals surface area (Å²) in [5.74, 6) is -0.986. The number of fused-ring (bicyclic) bond motifs is 1. The smallest absolute Gasteiger partial charge is 0.347 e. The van der Waals surface area contributed by atoms with Crippen LogP contribution in [0.3, 0.4) is 0 Å². The van der Waals surface area contributed by atoms with Crippen LogP contribution in [0.4, 0.5) is 0 Å². The molecule has 19 heavy (non-hydrogen) atoms. The van der Waals surface area contributed by atoms with Crippen LogP contribution in [-0.2, 0) is 9.53 Å². The van der Waals surface area contributed by atoms with Gasteiger partial charge in [0.2, 0.25) is 0 Å². The second-order valence-corrected chi connectivity index (χ2v) is 3.66. The summed E-state index contributed by atoms with van der Waals surface area (Å²) < 4.78 is 5.89. The third-order valence-corrected chi connectivity index (χ3v) is 2.37. The summed E-state index contributed by atoms with van der Waals surface area (Å²) in [4.78, 5) is 34.2. The molecule has 8 heteroatoms. The average molecular weight is 264 g/mol. The highest BCUT2D eigenvalue weighted by molar-refractivity contribution is 5.95. The van der Waals surface area contributed by atoms with Crippen molar-refractivity contribution in [3.05, 3.63) is 34.4 Å². The number of nitrogens with one attached hydrogen (secondary N) is 2. The van der Waals surface area contributed by atoms with Gasteiger partial charge in [-0.3, -0.25) is 9.59 Å². The van der Waals surface area contributed by atoms with Crippen LogP contribution in [0, 0.1) is 0 Å². The molecule has 0 aliphatic heterocycles. The van der Waals surface area contributed by atoms with E-state index in [1.54, 1.807) is 6.92 Å². The van der Waals surface area contributed by atoms with E-state index in [2.05, 4.69) is 20.3 Å². The molecule has 0 bridgehead atoms. The Morgan fingerprint density at radius 3 is 3.00 bits per heavy atom. The minimum Gasteiger partial charge on any atom is -0.465 e. The highest BCUT2D eigenvalue weighted by Gasteiger charge is 2.10. The fraction of sp³-hybridized carbons (Fsp3) is 0.273. The Kier molecular flexibility index (Phi) is 3.60. The van der Waals surface area contributed by atoms with Crippen molar-refractivity contribution in [2.24, 2.45) is 0 Å². The maximum atomic E-state index is 11.8. The largest absolute Gasteiger partial charge is 0.465 e. The molecule has 0 spiro atoms. The molecule has 100 valence electrons. The normalized spacial score (nSPS) is 10.4. The van der Waals surface area contributed by atoms with Gasteiger partial charge >= 0.3 is 11.7 Å². The van der Waals surface area contributed by atoms with Crippen molar-refractivity contribution >= 4 is 17.5 Å². The Hall–Kier alpha value is -2.64. The predicted octanol–water partition coefficient (Wildman–Crippen LogP) is -0.684. The van der Waals surface area contributed by atoms with Crippen LogP contribution < -0.4 is 11.0 Å². The van der Waals surface area contributed by atoms with Crippen molar-refractivity contribution in [2.45, 2.75) is 6.92 Å². The molecular formula is C11H12N4O4. The van der Waals surface area contributed by atoms with Gasteiger partial charge in [-0.05, 0) is 19.1 Å². The highest BCUT2D eigenvalue weighted by atomic mass is 16.5. The number of carbonyl (C=O) groups is 2. The van der Waals surface area contributed by atoms with E-state index in [1.807, 2.05) is 0 Å². The van der Waals surface area contributed by atoms with Gasteiger partial charge in [0.05, 0.1) is 12.2 Å². The standard InChI is InChI=1S/C11H12N4O4/c1-2-19-9(16)5-12-10(17)7-3-4-8-13-14-11(18)15(8)6-7/h3-4,6H,2,5H2,1H3,(H,12,17)(H,14,18). The lowest BCUT2D eigenvalue weighted by Crippen LogP contribution is -2.31. The van der Waals surface area contributed by atoms with Crippen LogP contribution in [0.2, 0.25) is 0 Å². The van der Waals surface area contributed by atoms with Crippen LogP contribution in [0.1, 0.15) is 17.3 Å². The number of aromatic amines is 1. The molecular weight excluding hydrogens is 252 g/mol. The zero-order valence-corrected chi connectivity index (χ0v) is 10.2. The lowest BCUT2D eigenvalue weighted by atomic mass is 10.2. The molecule has 0 saturated heterocycles. The second kappa shape index (κ2) is 5.34. The third-order valence-electron chi connectivity index (χ3n) is 2.37. The summed E-state index contributed by atoms with van der Waals surface area (Å²) in [6.45, 7) is 1.72. The Bertz CT molecular complexity index is 673. The first-order chi connectivity index (χ1) is 9.11. The SMILES string of the molecule is CCOC(=O)CNC(=O)c1ccc2n[nH]c(=O)n2c1. The molecule has 0 aliphatic carbocycles. The van der Waals surface area contributed by atoms with E-state index in [0.29, 0.717) is 5.65 Å². The molecule has 0 fully saturated rings. The molecule has 0 aromatic carbocycles. The Labute approximate surface area is 107 Å². The highest BCUT2D eigenvalue weighted by Crippen LogP contribution is 2.01. The number of hydrogen-bond donors (Lipinski definition) is 2. The van der Waals surface area contributed by atoms with Crippen molar-refractivity contribution in [3.63, 3.8) is 0 Å². The van der Waals surface area contributed by atoms with E-state index < -0.39 is 17.6 Å². The van der Waals surface area contributed by atoms with Crippen molar-refractivity contribution < 1.29 is 14.3 Å². The van der Waals surface area contributed by atoms with E-state index in [4.69, 9.17) is 0 Å². The molecule has 2 aromatic rings. The number of rotatable bonds is 4. The number of hydrogen-bond acceptors (Lipinski definition) is 5. The van der Waals surface area contributed by atoms with Gasteiger partial charge in [0.1, 0.15) is 6.54 Å². The van der Waals surface area contributed by atoms with E-state index in [9.17, 15) is 14.4 Å². The summed E-state index contributed by atoms with van der Waals surface area (Å²) in [6.07, 6.45) is 1.35. The Morgan fingerprint density at radius 1 is 1.47 bits per heavy atom. The zero-order chi connectivity index (χ0) is 13.8. The molecule has 8 nitrogen and oxygen atoms in total. The van der Waals surface area contributed by atoms with Crippen LogP contribution >= 0.6 is 0 Å². The average Bonchev–Trinajstić information content (AvgIpc) is 2.78. The molecule has 2 rings (SSSR count). The number of amides is 1. The number of nitrogens with zero attached hydrogens (tertiary/aromatic N) is 2. The van der Waals surface area contributed by atoms with Crippen LogP contribution in [0.15, 0.2) is 23.1 Å². The summed E-state index contributed by atoms with van der Waals surface area (Å²) in [5, 5.41) is 8.40. The molecule has 1 amide bonds. The number of H-pyrrole nitrogens is 1. The second-order valence-electron chi connectivity index (χ2n) is 3.66. The molecule has 0 aliphatic rings. The molecule has 0 unspecified atom stereocenters. The monoisotopic (exact) mass is 264 g/mol. The predicted molar refractivity (Wildman–Crippen MR) is 64.8 cm³/mol. The topological polar surface area (TPSA) is 106 Å². The lowest BCUT2D eigenvalue weighted by molar-refractivity contribution is -0.141. The van der Waals surface area contributed by atoms with E-state index in [-0.39, 0.29) is 18.7 Å². The molecule has 0 atom stereocenters. The Morgan fingerprint density at radius 2 is 2.26 bits per heavy atom. The van der Waals surface area contributed by atoms with Crippen LogP contribution in [-0.4, -0.2) is 39.6 Å². The zero-order valence-electron chi connectivity index (χ0n) is 10.2. The molecule has 2 heterocycles. The fourth-order valence-corrected chi connectivity index (χ4v) is 1.51. The lowest BCUT2D eigenvalue weighted by Gasteiger charge is -2.04. The van der Waals surface area contributed by atoms with Crippen molar-refractivity contribution in [3.8, 4) is 0 Å². The number of esters is 1. The Balaban J connectivity index is 2.11. The van der Waals surface area contributed by atoms with Gasteiger partial charge in [-0.1, -0.05) is 0 Å².